The molecule has 4 heteroatoms. The van der Waals surface area contributed by atoms with E-state index in [9.17, 15) is 0 Å². The predicted octanol–water partition coefficient (Wildman–Crippen LogP) is 2.62. The van der Waals surface area contributed by atoms with E-state index in [0.717, 1.165) is 22.4 Å². The van der Waals surface area contributed by atoms with Crippen LogP contribution in [0.2, 0.25) is 0 Å². The summed E-state index contributed by atoms with van der Waals surface area (Å²) in [6, 6.07) is 12.3. The highest BCUT2D eigenvalue weighted by Gasteiger charge is 2.15. The Bertz CT molecular complexity index is 688. The van der Waals surface area contributed by atoms with E-state index in [1.54, 1.807) is 6.20 Å². The van der Waals surface area contributed by atoms with E-state index in [0.29, 0.717) is 6.54 Å². The second kappa shape index (κ2) is 4.82. The van der Waals surface area contributed by atoms with Crippen LogP contribution < -0.4 is 5.73 Å². The van der Waals surface area contributed by atoms with Gasteiger partial charge in [-0.1, -0.05) is 12.1 Å². The minimum atomic E-state index is 0.197. The van der Waals surface area contributed by atoms with Crippen molar-refractivity contribution in [2.24, 2.45) is 5.73 Å². The number of nitrogens with two attached hydrogens (primary N) is 1. The first-order valence-electron chi connectivity index (χ1n) is 6.38. The van der Waals surface area contributed by atoms with Gasteiger partial charge in [-0.05, 0) is 31.2 Å². The molecule has 0 amide bonds. The van der Waals surface area contributed by atoms with Gasteiger partial charge in [-0.15, -0.1) is 0 Å². The van der Waals surface area contributed by atoms with Crippen LogP contribution in [0, 0.1) is 0 Å². The van der Waals surface area contributed by atoms with Crippen LogP contribution in [0.1, 0.15) is 13.0 Å². The Hall–Kier alpha value is -2.20. The first-order valence-corrected chi connectivity index (χ1v) is 6.38. The average Bonchev–Trinajstić information content (AvgIpc) is 2.87. The SMILES string of the molecule is CC(CN)n1c(-c2cccnc2)nc2ccccc21. The van der Waals surface area contributed by atoms with E-state index < -0.39 is 0 Å². The molecule has 2 heterocycles. The molecule has 0 saturated heterocycles. The smallest absolute Gasteiger partial charge is 0.142 e. The van der Waals surface area contributed by atoms with Crippen molar-refractivity contribution < 1.29 is 0 Å². The van der Waals surface area contributed by atoms with E-state index in [1.807, 2.05) is 36.5 Å². The summed E-state index contributed by atoms with van der Waals surface area (Å²) in [5.41, 5.74) is 8.95. The van der Waals surface area contributed by atoms with Crippen molar-refractivity contribution >= 4 is 11.0 Å². The number of hydrogen-bond acceptors (Lipinski definition) is 3. The number of nitrogens with zero attached hydrogens (tertiary/aromatic N) is 3. The van der Waals surface area contributed by atoms with Crippen LogP contribution in [-0.2, 0) is 0 Å². The molecule has 0 fully saturated rings. The summed E-state index contributed by atoms with van der Waals surface area (Å²) in [6.07, 6.45) is 3.60. The molecule has 0 aliphatic carbocycles. The van der Waals surface area contributed by atoms with Gasteiger partial charge in [-0.2, -0.15) is 0 Å². The molecule has 0 saturated carbocycles. The lowest BCUT2D eigenvalue weighted by Gasteiger charge is -2.15. The van der Waals surface area contributed by atoms with Gasteiger partial charge in [-0.3, -0.25) is 4.98 Å². The van der Waals surface area contributed by atoms with Crippen molar-refractivity contribution in [3.63, 3.8) is 0 Å². The number of rotatable bonds is 3. The third-order valence-corrected chi connectivity index (χ3v) is 3.30. The summed E-state index contributed by atoms with van der Waals surface area (Å²) in [4.78, 5) is 8.89. The van der Waals surface area contributed by atoms with Crippen LogP contribution in [0.4, 0.5) is 0 Å². The van der Waals surface area contributed by atoms with Gasteiger partial charge >= 0.3 is 0 Å². The third kappa shape index (κ3) is 2.00. The molecule has 2 aromatic heterocycles. The lowest BCUT2D eigenvalue weighted by Crippen LogP contribution is -2.16. The number of hydrogen-bond donors (Lipinski definition) is 1. The highest BCUT2D eigenvalue weighted by molar-refractivity contribution is 5.80. The second-order valence-electron chi connectivity index (χ2n) is 4.62. The molecule has 96 valence electrons. The molecule has 4 nitrogen and oxygen atoms in total. The summed E-state index contributed by atoms with van der Waals surface area (Å²) < 4.78 is 2.19. The highest BCUT2D eigenvalue weighted by atomic mass is 15.1. The van der Waals surface area contributed by atoms with Crippen molar-refractivity contribution in [2.75, 3.05) is 6.54 Å². The van der Waals surface area contributed by atoms with E-state index in [4.69, 9.17) is 10.7 Å². The van der Waals surface area contributed by atoms with Gasteiger partial charge in [0.05, 0.1) is 11.0 Å². The Morgan fingerprint density at radius 2 is 2.05 bits per heavy atom. The fourth-order valence-corrected chi connectivity index (χ4v) is 2.29. The third-order valence-electron chi connectivity index (χ3n) is 3.30. The molecule has 0 bridgehead atoms. The van der Waals surface area contributed by atoms with E-state index >= 15 is 0 Å². The number of para-hydroxylation sites is 2. The Morgan fingerprint density at radius 1 is 1.21 bits per heavy atom. The standard InChI is InChI=1S/C15H16N4/c1-11(9-16)19-14-7-3-2-6-13(14)18-15(19)12-5-4-8-17-10-12/h2-8,10-11H,9,16H2,1H3. The van der Waals surface area contributed by atoms with E-state index in [-0.39, 0.29) is 6.04 Å². The normalized spacial score (nSPS) is 12.7. The number of benzene rings is 1. The lowest BCUT2D eigenvalue weighted by atomic mass is 10.2. The fraction of sp³-hybridized carbons (Fsp3) is 0.200. The average molecular weight is 252 g/mol. The molecule has 3 rings (SSSR count). The number of pyridine rings is 1. The predicted molar refractivity (Wildman–Crippen MR) is 76.7 cm³/mol. The Kier molecular flexibility index (Phi) is 3.01. The molecule has 19 heavy (non-hydrogen) atoms. The quantitative estimate of drug-likeness (QED) is 0.779. The maximum absolute atomic E-state index is 5.84. The van der Waals surface area contributed by atoms with Gasteiger partial charge < -0.3 is 10.3 Å². The molecule has 2 N–H and O–H groups in total. The first-order chi connectivity index (χ1) is 9.31. The van der Waals surface area contributed by atoms with Crippen molar-refractivity contribution in [2.45, 2.75) is 13.0 Å². The topological polar surface area (TPSA) is 56.7 Å². The maximum atomic E-state index is 5.84. The summed E-state index contributed by atoms with van der Waals surface area (Å²) in [6.45, 7) is 2.68. The number of imidazole rings is 1. The molecule has 1 aromatic carbocycles. The molecular formula is C15H16N4. The van der Waals surface area contributed by atoms with Crippen molar-refractivity contribution in [3.05, 3.63) is 48.8 Å². The van der Waals surface area contributed by atoms with E-state index in [1.165, 1.54) is 0 Å². The first kappa shape index (κ1) is 11.9. The zero-order valence-corrected chi connectivity index (χ0v) is 10.8. The van der Waals surface area contributed by atoms with Gasteiger partial charge in [0.2, 0.25) is 0 Å². The van der Waals surface area contributed by atoms with Crippen LogP contribution in [0.15, 0.2) is 48.8 Å². The summed E-state index contributed by atoms with van der Waals surface area (Å²) >= 11 is 0. The van der Waals surface area contributed by atoms with Gasteiger partial charge in [0.15, 0.2) is 0 Å². The van der Waals surface area contributed by atoms with Gasteiger partial charge in [0, 0.05) is 30.5 Å². The van der Waals surface area contributed by atoms with Crippen molar-refractivity contribution in [1.29, 1.82) is 0 Å². The second-order valence-corrected chi connectivity index (χ2v) is 4.62. The Balaban J connectivity index is 2.29. The molecular weight excluding hydrogens is 236 g/mol. The molecule has 0 radical (unpaired) electrons. The zero-order chi connectivity index (χ0) is 13.2. The summed E-state index contributed by atoms with van der Waals surface area (Å²) in [5, 5.41) is 0. The van der Waals surface area contributed by atoms with Crippen molar-refractivity contribution in [1.82, 2.24) is 14.5 Å². The summed E-state index contributed by atoms with van der Waals surface area (Å²) in [7, 11) is 0. The minimum Gasteiger partial charge on any atom is -0.328 e. The monoisotopic (exact) mass is 252 g/mol. The molecule has 1 unspecified atom stereocenters. The highest BCUT2D eigenvalue weighted by Crippen LogP contribution is 2.27. The van der Waals surface area contributed by atoms with Gasteiger partial charge in [-0.25, -0.2) is 4.98 Å². The van der Waals surface area contributed by atoms with Gasteiger partial charge in [0.25, 0.3) is 0 Å². The molecule has 3 aromatic rings. The molecule has 0 aliphatic heterocycles. The maximum Gasteiger partial charge on any atom is 0.142 e. The van der Waals surface area contributed by atoms with E-state index in [2.05, 4.69) is 22.5 Å². The Morgan fingerprint density at radius 3 is 2.79 bits per heavy atom. The van der Waals surface area contributed by atoms with Crippen LogP contribution in [0.25, 0.3) is 22.4 Å². The minimum absolute atomic E-state index is 0.197. The largest absolute Gasteiger partial charge is 0.328 e. The number of aromatic nitrogens is 3. The van der Waals surface area contributed by atoms with Gasteiger partial charge in [0.1, 0.15) is 5.82 Å². The molecule has 0 spiro atoms. The Labute approximate surface area is 111 Å². The fourth-order valence-electron chi connectivity index (χ4n) is 2.29. The van der Waals surface area contributed by atoms with Crippen LogP contribution in [-0.4, -0.2) is 21.1 Å². The molecule has 1 atom stereocenters. The van der Waals surface area contributed by atoms with Crippen LogP contribution >= 0.6 is 0 Å². The van der Waals surface area contributed by atoms with Crippen molar-refractivity contribution in [3.8, 4) is 11.4 Å². The van der Waals surface area contributed by atoms with Crippen LogP contribution in [0.5, 0.6) is 0 Å². The zero-order valence-electron chi connectivity index (χ0n) is 10.8. The summed E-state index contributed by atoms with van der Waals surface area (Å²) in [5.74, 6) is 0.923. The van der Waals surface area contributed by atoms with Crippen LogP contribution in [0.3, 0.4) is 0 Å². The lowest BCUT2D eigenvalue weighted by molar-refractivity contribution is 0.578. The number of fused-ring (bicyclic) bond motifs is 1. The molecule has 0 aliphatic rings.